The van der Waals surface area contributed by atoms with Crippen LogP contribution in [0.15, 0.2) is 79.4 Å². The lowest BCUT2D eigenvalue weighted by Crippen LogP contribution is -2.25. The molecule has 1 fully saturated rings. The zero-order valence-corrected chi connectivity index (χ0v) is 20.3. The summed E-state index contributed by atoms with van der Waals surface area (Å²) in [5.74, 6) is 1.74. The molecule has 173 valence electrons. The molecule has 1 aliphatic rings. The van der Waals surface area contributed by atoms with Crippen LogP contribution in [0.5, 0.6) is 11.5 Å². The highest BCUT2D eigenvalue weighted by Crippen LogP contribution is 2.44. The van der Waals surface area contributed by atoms with Gasteiger partial charge in [0.25, 0.3) is 0 Å². The van der Waals surface area contributed by atoms with E-state index in [2.05, 4.69) is 79.1 Å². The minimum absolute atomic E-state index is 0.414. The molecule has 1 saturated heterocycles. The van der Waals surface area contributed by atoms with Crippen molar-refractivity contribution < 1.29 is 9.47 Å². The molecule has 3 aromatic carbocycles. The molecule has 1 radical (unpaired) electrons. The van der Waals surface area contributed by atoms with Crippen LogP contribution in [0, 0.1) is 6.92 Å². The minimum atomic E-state index is 0.414. The number of ether oxygens (including phenoxy) is 2. The second-order valence-electron chi connectivity index (χ2n) is 8.58. The van der Waals surface area contributed by atoms with E-state index >= 15 is 0 Å². The first kappa shape index (κ1) is 22.7. The zero-order chi connectivity index (χ0) is 23.3. The molecule has 1 aliphatic heterocycles. The molecule has 0 spiro atoms. The van der Waals surface area contributed by atoms with Crippen molar-refractivity contribution in [2.75, 3.05) is 32.8 Å². The average molecular weight is 469 g/mol. The Labute approximate surface area is 206 Å². The van der Waals surface area contributed by atoms with Gasteiger partial charge in [0.1, 0.15) is 18.1 Å². The zero-order valence-electron chi connectivity index (χ0n) is 19.5. The SMILES string of the molecule is [CH2]COc1ccc(C(=C)c2c(-c3ccc(OCCN4CCCC4)cc3)sc3ccccc23)cc1. The number of hydrogen-bond donors (Lipinski definition) is 0. The molecule has 1 aromatic heterocycles. The van der Waals surface area contributed by atoms with E-state index in [9.17, 15) is 0 Å². The smallest absolute Gasteiger partial charge is 0.119 e. The molecule has 34 heavy (non-hydrogen) atoms. The van der Waals surface area contributed by atoms with E-state index < -0.39 is 0 Å². The summed E-state index contributed by atoms with van der Waals surface area (Å²) in [6, 6.07) is 25.2. The first-order valence-electron chi connectivity index (χ1n) is 11.9. The topological polar surface area (TPSA) is 21.7 Å². The molecule has 0 atom stereocenters. The number of hydrogen-bond acceptors (Lipinski definition) is 4. The molecule has 2 heterocycles. The Hall–Kier alpha value is -3.08. The highest BCUT2D eigenvalue weighted by molar-refractivity contribution is 7.22. The molecule has 4 heteroatoms. The van der Waals surface area contributed by atoms with Crippen molar-refractivity contribution in [3.05, 3.63) is 97.4 Å². The molecule has 0 amide bonds. The summed E-state index contributed by atoms with van der Waals surface area (Å²) >= 11 is 1.81. The van der Waals surface area contributed by atoms with Crippen LogP contribution >= 0.6 is 11.3 Å². The van der Waals surface area contributed by atoms with Gasteiger partial charge in [-0.1, -0.05) is 36.9 Å². The fourth-order valence-corrected chi connectivity index (χ4v) is 5.80. The van der Waals surface area contributed by atoms with Gasteiger partial charge >= 0.3 is 0 Å². The molecule has 0 bridgehead atoms. The van der Waals surface area contributed by atoms with Gasteiger partial charge in [0.2, 0.25) is 0 Å². The summed E-state index contributed by atoms with van der Waals surface area (Å²) in [6.45, 7) is 12.8. The molecule has 0 unspecified atom stereocenters. The van der Waals surface area contributed by atoms with Crippen molar-refractivity contribution in [3.8, 4) is 21.9 Å². The maximum atomic E-state index is 6.02. The van der Waals surface area contributed by atoms with Gasteiger partial charge in [-0.2, -0.15) is 0 Å². The summed E-state index contributed by atoms with van der Waals surface area (Å²) in [7, 11) is 0. The van der Waals surface area contributed by atoms with E-state index in [-0.39, 0.29) is 0 Å². The Balaban J connectivity index is 1.40. The van der Waals surface area contributed by atoms with E-state index in [0.29, 0.717) is 6.61 Å². The third-order valence-electron chi connectivity index (χ3n) is 6.36. The number of rotatable bonds is 9. The van der Waals surface area contributed by atoms with Crippen molar-refractivity contribution in [1.82, 2.24) is 4.90 Å². The summed E-state index contributed by atoms with van der Waals surface area (Å²) in [6.07, 6.45) is 2.62. The molecule has 0 aliphatic carbocycles. The minimum Gasteiger partial charge on any atom is -0.494 e. The van der Waals surface area contributed by atoms with Crippen LogP contribution in [-0.2, 0) is 0 Å². The number of benzene rings is 3. The van der Waals surface area contributed by atoms with E-state index in [1.807, 2.05) is 23.5 Å². The quantitative estimate of drug-likeness (QED) is 0.257. The van der Waals surface area contributed by atoms with Crippen molar-refractivity contribution in [2.24, 2.45) is 0 Å². The third-order valence-corrected chi connectivity index (χ3v) is 7.58. The molecular weight excluding hydrogens is 438 g/mol. The largest absolute Gasteiger partial charge is 0.494 e. The molecule has 0 saturated carbocycles. The molecule has 3 nitrogen and oxygen atoms in total. The highest BCUT2D eigenvalue weighted by atomic mass is 32.1. The Morgan fingerprint density at radius 2 is 1.53 bits per heavy atom. The van der Waals surface area contributed by atoms with E-state index in [1.165, 1.54) is 52.0 Å². The second-order valence-corrected chi connectivity index (χ2v) is 9.63. The van der Waals surface area contributed by atoms with Crippen LogP contribution in [0.2, 0.25) is 0 Å². The summed E-state index contributed by atoms with van der Waals surface area (Å²) in [5.41, 5.74) is 4.47. The number of nitrogens with zero attached hydrogens (tertiary/aromatic N) is 1. The van der Waals surface area contributed by atoms with Crippen LogP contribution in [0.3, 0.4) is 0 Å². The molecule has 0 N–H and O–H groups in total. The van der Waals surface area contributed by atoms with E-state index in [1.54, 1.807) is 0 Å². The summed E-state index contributed by atoms with van der Waals surface area (Å²) in [5, 5.41) is 1.23. The van der Waals surface area contributed by atoms with Gasteiger partial charge in [-0.25, -0.2) is 0 Å². The van der Waals surface area contributed by atoms with Crippen LogP contribution < -0.4 is 9.47 Å². The Morgan fingerprint density at radius 3 is 2.26 bits per heavy atom. The summed E-state index contributed by atoms with van der Waals surface area (Å²) in [4.78, 5) is 3.70. The predicted molar refractivity (Wildman–Crippen MR) is 144 cm³/mol. The fraction of sp³-hybridized carbons (Fsp3) is 0.233. The Bertz CT molecular complexity index is 1250. The average Bonchev–Trinajstić information content (AvgIpc) is 3.53. The lowest BCUT2D eigenvalue weighted by molar-refractivity contribution is 0.238. The van der Waals surface area contributed by atoms with Crippen LogP contribution in [0.25, 0.3) is 26.1 Å². The fourth-order valence-electron chi connectivity index (χ4n) is 4.56. The third kappa shape index (κ3) is 4.89. The van der Waals surface area contributed by atoms with Crippen LogP contribution in [0.4, 0.5) is 0 Å². The number of thiophene rings is 1. The number of fused-ring (bicyclic) bond motifs is 1. The standard InChI is InChI=1S/C30H30NO2S/c1-3-32-25-14-10-23(11-15-25)22(2)29-27-8-4-5-9-28(27)34-30(29)24-12-16-26(17-13-24)33-21-20-31-18-6-7-19-31/h4-5,8-17H,1-3,6-7,18-21H2. The molecular formula is C30H30NO2S. The van der Waals surface area contributed by atoms with Gasteiger partial charge in [0.15, 0.2) is 0 Å². The van der Waals surface area contributed by atoms with Crippen molar-refractivity contribution in [1.29, 1.82) is 0 Å². The second kappa shape index (κ2) is 10.5. The Morgan fingerprint density at radius 1 is 0.853 bits per heavy atom. The van der Waals surface area contributed by atoms with Gasteiger partial charge in [-0.3, -0.25) is 4.90 Å². The summed E-state index contributed by atoms with van der Waals surface area (Å²) < 4.78 is 12.8. The Kier molecular flexibility index (Phi) is 6.98. The first-order chi connectivity index (χ1) is 16.7. The maximum Gasteiger partial charge on any atom is 0.119 e. The van der Waals surface area contributed by atoms with E-state index in [0.717, 1.165) is 35.8 Å². The molecule has 5 rings (SSSR count). The highest BCUT2D eigenvalue weighted by Gasteiger charge is 2.18. The lowest BCUT2D eigenvalue weighted by atomic mass is 9.94. The monoisotopic (exact) mass is 468 g/mol. The van der Waals surface area contributed by atoms with Crippen LogP contribution in [0.1, 0.15) is 24.0 Å². The number of likely N-dealkylation sites (tertiary alicyclic amines) is 1. The van der Waals surface area contributed by atoms with Crippen molar-refractivity contribution >= 4 is 27.0 Å². The van der Waals surface area contributed by atoms with Crippen molar-refractivity contribution in [3.63, 3.8) is 0 Å². The maximum absolute atomic E-state index is 6.02. The van der Waals surface area contributed by atoms with Gasteiger partial charge < -0.3 is 9.47 Å². The van der Waals surface area contributed by atoms with Gasteiger partial charge in [0, 0.05) is 27.1 Å². The molecule has 4 aromatic rings. The predicted octanol–water partition coefficient (Wildman–Crippen LogP) is 7.32. The van der Waals surface area contributed by atoms with Crippen LogP contribution in [-0.4, -0.2) is 37.7 Å². The van der Waals surface area contributed by atoms with Crippen molar-refractivity contribution in [2.45, 2.75) is 12.8 Å². The first-order valence-corrected chi connectivity index (χ1v) is 12.7. The normalized spacial score (nSPS) is 13.9. The van der Waals surface area contributed by atoms with Gasteiger partial charge in [-0.05, 0) is 92.0 Å². The van der Waals surface area contributed by atoms with Gasteiger partial charge in [0.05, 0.1) is 6.61 Å². The van der Waals surface area contributed by atoms with E-state index in [4.69, 9.17) is 9.47 Å². The van der Waals surface area contributed by atoms with Gasteiger partial charge in [-0.15, -0.1) is 11.3 Å². The lowest BCUT2D eigenvalue weighted by Gasteiger charge is -2.15.